The summed E-state index contributed by atoms with van der Waals surface area (Å²) in [6.45, 7) is 4.80. The lowest BCUT2D eigenvalue weighted by Gasteiger charge is -2.12. The minimum atomic E-state index is -0.120. The molecule has 0 spiro atoms. The predicted molar refractivity (Wildman–Crippen MR) is 110 cm³/mol. The molecule has 0 aliphatic heterocycles. The highest BCUT2D eigenvalue weighted by Crippen LogP contribution is 2.30. The van der Waals surface area contributed by atoms with Gasteiger partial charge in [0.2, 0.25) is 0 Å². The Labute approximate surface area is 164 Å². The van der Waals surface area contributed by atoms with E-state index >= 15 is 0 Å². The third-order valence-corrected chi connectivity index (χ3v) is 4.60. The molecule has 4 aromatic rings. The Morgan fingerprint density at radius 2 is 1.93 bits per heavy atom. The lowest BCUT2D eigenvalue weighted by Crippen LogP contribution is -2.05. The molecule has 0 saturated carbocycles. The van der Waals surface area contributed by atoms with Crippen LogP contribution in [0.25, 0.3) is 27.8 Å². The molecule has 0 amide bonds. The topological polar surface area (TPSA) is 65.1 Å². The average molecular weight is 376 g/mol. The van der Waals surface area contributed by atoms with Crippen molar-refractivity contribution in [3.63, 3.8) is 0 Å². The zero-order valence-corrected chi connectivity index (χ0v) is 16.3. The van der Waals surface area contributed by atoms with Crippen molar-refractivity contribution in [3.8, 4) is 22.7 Å². The van der Waals surface area contributed by atoms with E-state index in [-0.39, 0.29) is 6.61 Å². The minimum absolute atomic E-state index is 0.120. The number of nitrogens with zero attached hydrogens (tertiary/aromatic N) is 4. The number of para-hydroxylation sites is 1. The van der Waals surface area contributed by atoms with E-state index < -0.39 is 0 Å². The minimum Gasteiger partial charge on any atom is -0.493 e. The van der Waals surface area contributed by atoms with Crippen molar-refractivity contribution in [1.29, 1.82) is 0 Å². The van der Waals surface area contributed by atoms with Gasteiger partial charge in [-0.25, -0.2) is 4.68 Å². The Kier molecular flexibility index (Phi) is 4.88. The van der Waals surface area contributed by atoms with E-state index in [0.29, 0.717) is 18.2 Å². The monoisotopic (exact) mass is 376 g/mol. The highest BCUT2D eigenvalue weighted by Gasteiger charge is 2.16. The van der Waals surface area contributed by atoms with Crippen LogP contribution in [-0.2, 0) is 13.7 Å². The number of benzene rings is 2. The summed E-state index contributed by atoms with van der Waals surface area (Å²) in [5.74, 6) is 1.28. The molecular formula is C22H24N4O2. The Morgan fingerprint density at radius 1 is 1.11 bits per heavy atom. The molecule has 2 heterocycles. The van der Waals surface area contributed by atoms with Crippen LogP contribution in [0.4, 0.5) is 0 Å². The average Bonchev–Trinajstić information content (AvgIpc) is 3.31. The van der Waals surface area contributed by atoms with E-state index in [1.165, 1.54) is 0 Å². The molecule has 0 aliphatic carbocycles. The number of ether oxygens (including phenoxy) is 1. The maximum atomic E-state index is 9.68. The van der Waals surface area contributed by atoms with Crippen molar-refractivity contribution in [2.45, 2.75) is 20.5 Å². The van der Waals surface area contributed by atoms with Gasteiger partial charge in [0.1, 0.15) is 5.75 Å². The molecule has 0 bridgehead atoms. The largest absolute Gasteiger partial charge is 0.493 e. The van der Waals surface area contributed by atoms with Gasteiger partial charge in [0, 0.05) is 18.0 Å². The molecule has 0 fully saturated rings. The molecule has 2 aromatic carbocycles. The van der Waals surface area contributed by atoms with Crippen molar-refractivity contribution in [3.05, 3.63) is 60.4 Å². The maximum absolute atomic E-state index is 9.68. The summed E-state index contributed by atoms with van der Waals surface area (Å²) in [6.07, 6.45) is 1.84. The maximum Gasteiger partial charge on any atom is 0.119 e. The summed E-state index contributed by atoms with van der Waals surface area (Å²) < 4.78 is 9.61. The normalized spacial score (nSPS) is 11.5. The first kappa shape index (κ1) is 18.3. The fourth-order valence-electron chi connectivity index (χ4n) is 3.29. The fourth-order valence-corrected chi connectivity index (χ4v) is 3.29. The second kappa shape index (κ2) is 7.48. The van der Waals surface area contributed by atoms with E-state index in [9.17, 15) is 5.11 Å². The van der Waals surface area contributed by atoms with Crippen molar-refractivity contribution in [1.82, 2.24) is 19.6 Å². The van der Waals surface area contributed by atoms with Gasteiger partial charge in [-0.15, -0.1) is 0 Å². The molecular weight excluding hydrogens is 352 g/mol. The summed E-state index contributed by atoms with van der Waals surface area (Å²) in [6, 6.07) is 15.9. The van der Waals surface area contributed by atoms with Gasteiger partial charge in [0.25, 0.3) is 0 Å². The number of rotatable bonds is 6. The number of aromatic nitrogens is 4. The molecule has 0 radical (unpaired) electrons. The summed E-state index contributed by atoms with van der Waals surface area (Å²) in [7, 11) is 1.92. The summed E-state index contributed by atoms with van der Waals surface area (Å²) >= 11 is 0. The lowest BCUT2D eigenvalue weighted by molar-refractivity contribution is 0.271. The molecule has 4 rings (SSSR count). The number of aliphatic hydroxyl groups excluding tert-OH is 1. The van der Waals surface area contributed by atoms with Gasteiger partial charge in [-0.2, -0.15) is 10.2 Å². The van der Waals surface area contributed by atoms with Gasteiger partial charge in [-0.05, 0) is 30.2 Å². The van der Waals surface area contributed by atoms with Crippen LogP contribution >= 0.6 is 0 Å². The quantitative estimate of drug-likeness (QED) is 0.553. The van der Waals surface area contributed by atoms with E-state index in [4.69, 9.17) is 4.74 Å². The van der Waals surface area contributed by atoms with E-state index in [1.54, 1.807) is 0 Å². The second-order valence-corrected chi connectivity index (χ2v) is 7.31. The van der Waals surface area contributed by atoms with Gasteiger partial charge >= 0.3 is 0 Å². The van der Waals surface area contributed by atoms with E-state index in [0.717, 1.165) is 33.6 Å². The first-order chi connectivity index (χ1) is 13.6. The Balaban J connectivity index is 1.84. The molecule has 28 heavy (non-hydrogen) atoms. The summed E-state index contributed by atoms with van der Waals surface area (Å²) in [5, 5.41) is 19.7. The molecule has 1 N–H and O–H groups in total. The van der Waals surface area contributed by atoms with Crippen molar-refractivity contribution < 1.29 is 9.84 Å². The van der Waals surface area contributed by atoms with Gasteiger partial charge in [0.05, 0.1) is 42.0 Å². The van der Waals surface area contributed by atoms with Gasteiger partial charge < -0.3 is 9.84 Å². The van der Waals surface area contributed by atoms with Gasteiger partial charge in [-0.1, -0.05) is 38.1 Å². The van der Waals surface area contributed by atoms with Crippen LogP contribution in [0, 0.1) is 5.92 Å². The number of fused-ring (bicyclic) bond motifs is 1. The third-order valence-electron chi connectivity index (χ3n) is 4.60. The third kappa shape index (κ3) is 3.39. The van der Waals surface area contributed by atoms with Crippen LogP contribution < -0.4 is 4.74 Å². The SMILES string of the molecule is CC(C)COc1cccc(-c2cc(CO)nn2-c2cccc3cnn(C)c23)c1. The standard InChI is InChI=1S/C22H24N4O2/c1-15(2)14-28-19-8-4-6-16(10-19)21-11-18(13-27)24-26(21)20-9-5-7-17-12-23-25(3)22(17)20/h4-12,15,27H,13-14H2,1-3H3. The predicted octanol–water partition coefficient (Wildman–Crippen LogP) is 3.95. The molecule has 6 nitrogen and oxygen atoms in total. The van der Waals surface area contributed by atoms with Crippen molar-refractivity contribution in [2.75, 3.05) is 6.61 Å². The van der Waals surface area contributed by atoms with E-state index in [2.05, 4.69) is 24.0 Å². The molecule has 0 unspecified atom stereocenters. The number of aryl methyl sites for hydroxylation is 1. The molecule has 0 atom stereocenters. The van der Waals surface area contributed by atoms with Crippen LogP contribution in [0.2, 0.25) is 0 Å². The molecule has 0 aliphatic rings. The molecule has 2 aromatic heterocycles. The zero-order chi connectivity index (χ0) is 19.7. The lowest BCUT2D eigenvalue weighted by atomic mass is 10.1. The van der Waals surface area contributed by atoms with Gasteiger partial charge in [-0.3, -0.25) is 4.68 Å². The van der Waals surface area contributed by atoms with Crippen molar-refractivity contribution >= 4 is 10.9 Å². The highest BCUT2D eigenvalue weighted by atomic mass is 16.5. The van der Waals surface area contributed by atoms with Crippen molar-refractivity contribution in [2.24, 2.45) is 13.0 Å². The smallest absolute Gasteiger partial charge is 0.119 e. The van der Waals surface area contributed by atoms with Crippen LogP contribution in [0.15, 0.2) is 54.7 Å². The first-order valence-corrected chi connectivity index (χ1v) is 9.41. The van der Waals surface area contributed by atoms with E-state index in [1.807, 2.05) is 71.1 Å². The number of hydrogen-bond donors (Lipinski definition) is 1. The summed E-state index contributed by atoms with van der Waals surface area (Å²) in [4.78, 5) is 0. The molecule has 6 heteroatoms. The second-order valence-electron chi connectivity index (χ2n) is 7.31. The van der Waals surface area contributed by atoms with Crippen LogP contribution in [0.5, 0.6) is 5.75 Å². The summed E-state index contributed by atoms with van der Waals surface area (Å²) in [5.41, 5.74) is 4.40. The van der Waals surface area contributed by atoms with Crippen LogP contribution in [0.1, 0.15) is 19.5 Å². The Hall–Kier alpha value is -3.12. The molecule has 144 valence electrons. The Bertz CT molecular complexity index is 1110. The van der Waals surface area contributed by atoms with Gasteiger partial charge in [0.15, 0.2) is 0 Å². The zero-order valence-electron chi connectivity index (χ0n) is 16.3. The Morgan fingerprint density at radius 3 is 2.71 bits per heavy atom. The first-order valence-electron chi connectivity index (χ1n) is 9.41. The molecule has 0 saturated heterocycles. The number of hydrogen-bond acceptors (Lipinski definition) is 4. The van der Waals surface area contributed by atoms with Crippen LogP contribution in [0.3, 0.4) is 0 Å². The fraction of sp³-hybridized carbons (Fsp3) is 0.273. The number of aliphatic hydroxyl groups is 1. The van der Waals surface area contributed by atoms with Crippen LogP contribution in [-0.4, -0.2) is 31.3 Å². The highest BCUT2D eigenvalue weighted by molar-refractivity contribution is 5.87.